The van der Waals surface area contributed by atoms with Gasteiger partial charge in [0.1, 0.15) is 0 Å². The molecule has 1 aliphatic heterocycles. The number of aromatic amines is 1. The van der Waals surface area contributed by atoms with Crippen molar-refractivity contribution >= 4 is 10.9 Å². The zero-order valence-corrected chi connectivity index (χ0v) is 10.9. The van der Waals surface area contributed by atoms with E-state index in [1.54, 1.807) is 0 Å². The van der Waals surface area contributed by atoms with Crippen molar-refractivity contribution in [1.82, 2.24) is 15.2 Å². The Morgan fingerprint density at radius 1 is 1.10 bits per heavy atom. The summed E-state index contributed by atoms with van der Waals surface area (Å²) in [7, 11) is 0. The first-order valence-corrected chi connectivity index (χ1v) is 6.64. The van der Waals surface area contributed by atoms with Crippen molar-refractivity contribution in [2.24, 2.45) is 0 Å². The summed E-state index contributed by atoms with van der Waals surface area (Å²) in [6.07, 6.45) is -4.29. The van der Waals surface area contributed by atoms with Crippen LogP contribution in [0, 0.1) is 0 Å². The van der Waals surface area contributed by atoms with Crippen LogP contribution in [0.4, 0.5) is 13.2 Å². The van der Waals surface area contributed by atoms with Crippen LogP contribution < -0.4 is 5.32 Å². The Labute approximate surface area is 114 Å². The lowest BCUT2D eigenvalue weighted by atomic mass is 10.1. The van der Waals surface area contributed by atoms with Gasteiger partial charge in [-0.25, -0.2) is 0 Å². The highest BCUT2D eigenvalue weighted by molar-refractivity contribution is 5.81. The number of nitrogens with zero attached hydrogens (tertiary/aromatic N) is 1. The van der Waals surface area contributed by atoms with Crippen molar-refractivity contribution in [3.8, 4) is 0 Å². The standard InChI is InChI=1S/C14H16F3N3/c15-14(16,17)11-2-1-10-7-12(19-13(10)8-11)9-20-5-3-18-4-6-20/h1-2,7-8,18-19H,3-6,9H2. The third-order valence-corrected chi connectivity index (χ3v) is 3.61. The van der Waals surface area contributed by atoms with Gasteiger partial charge in [0, 0.05) is 43.9 Å². The second-order valence-electron chi connectivity index (χ2n) is 5.12. The van der Waals surface area contributed by atoms with E-state index in [9.17, 15) is 13.2 Å². The van der Waals surface area contributed by atoms with Crippen LogP contribution >= 0.6 is 0 Å². The van der Waals surface area contributed by atoms with Gasteiger partial charge in [-0.15, -0.1) is 0 Å². The first kappa shape index (κ1) is 13.5. The molecule has 20 heavy (non-hydrogen) atoms. The fourth-order valence-corrected chi connectivity index (χ4v) is 2.56. The van der Waals surface area contributed by atoms with Crippen molar-refractivity contribution in [3.63, 3.8) is 0 Å². The predicted octanol–water partition coefficient (Wildman–Crippen LogP) is 2.59. The van der Waals surface area contributed by atoms with E-state index in [1.807, 2.05) is 6.07 Å². The van der Waals surface area contributed by atoms with Crippen LogP contribution in [0.25, 0.3) is 10.9 Å². The number of benzene rings is 1. The van der Waals surface area contributed by atoms with Gasteiger partial charge in [0.25, 0.3) is 0 Å². The second kappa shape index (κ2) is 5.10. The lowest BCUT2D eigenvalue weighted by Crippen LogP contribution is -2.42. The lowest BCUT2D eigenvalue weighted by Gasteiger charge is -2.26. The van der Waals surface area contributed by atoms with Crippen LogP contribution in [0.5, 0.6) is 0 Å². The van der Waals surface area contributed by atoms with Crippen molar-refractivity contribution in [3.05, 3.63) is 35.5 Å². The highest BCUT2D eigenvalue weighted by Crippen LogP contribution is 2.31. The molecule has 0 spiro atoms. The molecule has 0 radical (unpaired) electrons. The number of hydrogen-bond acceptors (Lipinski definition) is 2. The van der Waals surface area contributed by atoms with Gasteiger partial charge in [0.2, 0.25) is 0 Å². The van der Waals surface area contributed by atoms with Crippen LogP contribution in [0.1, 0.15) is 11.3 Å². The normalized spacial score (nSPS) is 17.8. The summed E-state index contributed by atoms with van der Waals surface area (Å²) in [6.45, 7) is 4.58. The quantitative estimate of drug-likeness (QED) is 0.887. The van der Waals surface area contributed by atoms with E-state index in [2.05, 4.69) is 15.2 Å². The maximum absolute atomic E-state index is 12.7. The first-order chi connectivity index (χ1) is 9.52. The number of fused-ring (bicyclic) bond motifs is 1. The van der Waals surface area contributed by atoms with Gasteiger partial charge in [0.05, 0.1) is 5.56 Å². The van der Waals surface area contributed by atoms with Gasteiger partial charge in [-0.3, -0.25) is 4.90 Å². The maximum atomic E-state index is 12.7. The number of nitrogens with one attached hydrogen (secondary N) is 2. The molecule has 2 N–H and O–H groups in total. The average molecular weight is 283 g/mol. The zero-order valence-electron chi connectivity index (χ0n) is 10.9. The molecule has 0 saturated carbocycles. The van der Waals surface area contributed by atoms with E-state index < -0.39 is 11.7 Å². The maximum Gasteiger partial charge on any atom is 0.416 e. The monoisotopic (exact) mass is 283 g/mol. The number of alkyl halides is 3. The smallest absolute Gasteiger partial charge is 0.357 e. The number of halogens is 3. The largest absolute Gasteiger partial charge is 0.416 e. The molecular weight excluding hydrogens is 267 g/mol. The van der Waals surface area contributed by atoms with E-state index >= 15 is 0 Å². The molecule has 1 saturated heterocycles. The molecule has 1 aromatic heterocycles. The SMILES string of the molecule is FC(F)(F)c1ccc2cc(CN3CCNCC3)[nH]c2c1. The summed E-state index contributed by atoms with van der Waals surface area (Å²) >= 11 is 0. The van der Waals surface area contributed by atoms with Crippen molar-refractivity contribution in [2.45, 2.75) is 12.7 Å². The molecule has 1 fully saturated rings. The van der Waals surface area contributed by atoms with Gasteiger partial charge in [-0.1, -0.05) is 6.07 Å². The van der Waals surface area contributed by atoms with E-state index in [0.717, 1.165) is 49.9 Å². The molecule has 0 unspecified atom stereocenters. The Kier molecular flexibility index (Phi) is 3.43. The van der Waals surface area contributed by atoms with E-state index in [-0.39, 0.29) is 0 Å². The Morgan fingerprint density at radius 2 is 1.85 bits per heavy atom. The Hall–Kier alpha value is -1.53. The molecule has 3 nitrogen and oxygen atoms in total. The number of hydrogen-bond donors (Lipinski definition) is 2. The number of aromatic nitrogens is 1. The third kappa shape index (κ3) is 2.81. The van der Waals surface area contributed by atoms with Gasteiger partial charge >= 0.3 is 6.18 Å². The number of H-pyrrole nitrogens is 1. The summed E-state index contributed by atoms with van der Waals surface area (Å²) < 4.78 is 38.0. The molecule has 0 aliphatic carbocycles. The minimum Gasteiger partial charge on any atom is -0.357 e. The van der Waals surface area contributed by atoms with Crippen LogP contribution in [-0.4, -0.2) is 36.1 Å². The first-order valence-electron chi connectivity index (χ1n) is 6.64. The molecule has 0 amide bonds. The van der Waals surface area contributed by atoms with Gasteiger partial charge in [-0.05, 0) is 23.6 Å². The highest BCUT2D eigenvalue weighted by atomic mass is 19.4. The van der Waals surface area contributed by atoms with Crippen molar-refractivity contribution < 1.29 is 13.2 Å². The summed E-state index contributed by atoms with van der Waals surface area (Å²) in [5, 5.41) is 4.10. The fourth-order valence-electron chi connectivity index (χ4n) is 2.56. The fraction of sp³-hybridized carbons (Fsp3) is 0.429. The molecule has 2 heterocycles. The second-order valence-corrected chi connectivity index (χ2v) is 5.12. The Morgan fingerprint density at radius 3 is 2.55 bits per heavy atom. The molecule has 1 aliphatic rings. The molecule has 1 aromatic carbocycles. The molecule has 0 bridgehead atoms. The molecule has 6 heteroatoms. The topological polar surface area (TPSA) is 31.1 Å². The average Bonchev–Trinajstić information content (AvgIpc) is 2.80. The Balaban J connectivity index is 1.83. The Bertz CT molecular complexity index is 597. The third-order valence-electron chi connectivity index (χ3n) is 3.61. The van der Waals surface area contributed by atoms with Crippen LogP contribution in [-0.2, 0) is 12.7 Å². The summed E-state index contributed by atoms with van der Waals surface area (Å²) in [6, 6.07) is 5.76. The zero-order chi connectivity index (χ0) is 14.2. The summed E-state index contributed by atoms with van der Waals surface area (Å²) in [4.78, 5) is 5.38. The predicted molar refractivity (Wildman–Crippen MR) is 71.4 cm³/mol. The van der Waals surface area contributed by atoms with Crippen LogP contribution in [0.2, 0.25) is 0 Å². The van der Waals surface area contributed by atoms with Gasteiger partial charge in [-0.2, -0.15) is 13.2 Å². The minimum atomic E-state index is -4.29. The molecule has 0 atom stereocenters. The highest BCUT2D eigenvalue weighted by Gasteiger charge is 2.30. The van der Waals surface area contributed by atoms with E-state index in [0.29, 0.717) is 5.52 Å². The lowest BCUT2D eigenvalue weighted by molar-refractivity contribution is -0.137. The van der Waals surface area contributed by atoms with Crippen molar-refractivity contribution in [1.29, 1.82) is 0 Å². The van der Waals surface area contributed by atoms with Crippen LogP contribution in [0.3, 0.4) is 0 Å². The van der Waals surface area contributed by atoms with Crippen LogP contribution in [0.15, 0.2) is 24.3 Å². The molecule has 2 aromatic rings. The van der Waals surface area contributed by atoms with Gasteiger partial charge in [0.15, 0.2) is 0 Å². The van der Waals surface area contributed by atoms with E-state index in [1.165, 1.54) is 12.1 Å². The van der Waals surface area contributed by atoms with Crippen molar-refractivity contribution in [2.75, 3.05) is 26.2 Å². The molecule has 3 rings (SSSR count). The molecular formula is C14H16F3N3. The van der Waals surface area contributed by atoms with Gasteiger partial charge < -0.3 is 10.3 Å². The molecule has 108 valence electrons. The summed E-state index contributed by atoms with van der Waals surface area (Å²) in [5.41, 5.74) is 0.895. The number of rotatable bonds is 2. The minimum absolute atomic E-state index is 0.546. The summed E-state index contributed by atoms with van der Waals surface area (Å²) in [5.74, 6) is 0. The van der Waals surface area contributed by atoms with E-state index in [4.69, 9.17) is 0 Å². The number of piperazine rings is 1.